The zero-order chi connectivity index (χ0) is 13.5. The van der Waals surface area contributed by atoms with Crippen LogP contribution >= 0.6 is 0 Å². The Balaban J connectivity index is 2.57. The van der Waals surface area contributed by atoms with Crippen LogP contribution in [0.4, 0.5) is 0 Å². The minimum absolute atomic E-state index is 0.497. The van der Waals surface area contributed by atoms with Crippen molar-refractivity contribution in [2.45, 2.75) is 27.3 Å². The Hall–Kier alpha value is -1.71. The van der Waals surface area contributed by atoms with Crippen molar-refractivity contribution in [3.63, 3.8) is 0 Å². The fourth-order valence-corrected chi connectivity index (χ4v) is 1.58. The number of nitrogens with zero attached hydrogens (tertiary/aromatic N) is 1. The van der Waals surface area contributed by atoms with Crippen LogP contribution in [0.25, 0.3) is 0 Å². The van der Waals surface area contributed by atoms with Gasteiger partial charge >= 0.3 is 0 Å². The Labute approximate surface area is 109 Å². The van der Waals surface area contributed by atoms with Crippen LogP contribution in [0.1, 0.15) is 25.0 Å². The van der Waals surface area contributed by atoms with E-state index in [1.54, 1.807) is 7.11 Å². The molecule has 0 aliphatic heterocycles. The van der Waals surface area contributed by atoms with Crippen LogP contribution in [0.5, 0.6) is 5.75 Å². The first kappa shape index (κ1) is 14.4. The van der Waals surface area contributed by atoms with Gasteiger partial charge < -0.3 is 15.8 Å². The Bertz CT molecular complexity index is 414. The Morgan fingerprint density at radius 1 is 1.44 bits per heavy atom. The fourth-order valence-electron chi connectivity index (χ4n) is 1.58. The zero-order valence-corrected chi connectivity index (χ0v) is 11.7. The molecule has 0 saturated heterocycles. The zero-order valence-electron chi connectivity index (χ0n) is 11.7. The van der Waals surface area contributed by atoms with E-state index in [2.05, 4.69) is 30.2 Å². The van der Waals surface area contributed by atoms with Crippen molar-refractivity contribution < 1.29 is 4.74 Å². The molecule has 0 heterocycles. The molecule has 1 rings (SSSR count). The van der Waals surface area contributed by atoms with E-state index in [9.17, 15) is 0 Å². The van der Waals surface area contributed by atoms with Crippen molar-refractivity contribution in [2.24, 2.45) is 16.6 Å². The van der Waals surface area contributed by atoms with Crippen LogP contribution < -0.4 is 15.8 Å². The SMILES string of the molecule is COc1ccc(CN=C(N)NCC(C)C)cc1C. The van der Waals surface area contributed by atoms with Gasteiger partial charge in [0.15, 0.2) is 5.96 Å². The quantitative estimate of drug-likeness (QED) is 0.620. The average molecular weight is 249 g/mol. The third kappa shape index (κ3) is 4.65. The van der Waals surface area contributed by atoms with Crippen LogP contribution in [-0.2, 0) is 6.54 Å². The topological polar surface area (TPSA) is 59.6 Å². The molecular formula is C14H23N3O. The molecule has 100 valence electrons. The number of aliphatic imine (C=N–C) groups is 1. The molecule has 0 saturated carbocycles. The molecule has 1 aromatic rings. The van der Waals surface area contributed by atoms with Gasteiger partial charge in [-0.05, 0) is 30.0 Å². The predicted molar refractivity (Wildman–Crippen MR) is 75.9 cm³/mol. The second kappa shape index (κ2) is 6.89. The molecule has 0 radical (unpaired) electrons. The molecule has 0 aromatic heterocycles. The van der Waals surface area contributed by atoms with Crippen LogP contribution in [0.15, 0.2) is 23.2 Å². The molecule has 0 atom stereocenters. The van der Waals surface area contributed by atoms with E-state index >= 15 is 0 Å². The first-order chi connectivity index (χ1) is 8.52. The third-order valence-electron chi connectivity index (χ3n) is 2.58. The number of methoxy groups -OCH3 is 1. The van der Waals surface area contributed by atoms with Gasteiger partial charge in [0.25, 0.3) is 0 Å². The van der Waals surface area contributed by atoms with Crippen molar-refractivity contribution in [1.82, 2.24) is 5.32 Å². The summed E-state index contributed by atoms with van der Waals surface area (Å²) in [5.41, 5.74) is 8.02. The lowest BCUT2D eigenvalue weighted by Crippen LogP contribution is -2.34. The summed E-state index contributed by atoms with van der Waals surface area (Å²) in [5, 5.41) is 3.09. The van der Waals surface area contributed by atoms with E-state index in [1.165, 1.54) is 0 Å². The minimum Gasteiger partial charge on any atom is -0.496 e. The molecule has 0 bridgehead atoms. The monoisotopic (exact) mass is 249 g/mol. The number of rotatable bonds is 5. The molecular weight excluding hydrogens is 226 g/mol. The van der Waals surface area contributed by atoms with Gasteiger partial charge in [-0.25, -0.2) is 4.99 Å². The van der Waals surface area contributed by atoms with E-state index in [0.717, 1.165) is 23.4 Å². The molecule has 0 aliphatic carbocycles. The highest BCUT2D eigenvalue weighted by Crippen LogP contribution is 2.18. The van der Waals surface area contributed by atoms with Crippen molar-refractivity contribution in [1.29, 1.82) is 0 Å². The fraction of sp³-hybridized carbons (Fsp3) is 0.500. The number of nitrogens with one attached hydrogen (secondary N) is 1. The van der Waals surface area contributed by atoms with Crippen molar-refractivity contribution >= 4 is 5.96 Å². The van der Waals surface area contributed by atoms with E-state index < -0.39 is 0 Å². The van der Waals surface area contributed by atoms with Crippen molar-refractivity contribution in [2.75, 3.05) is 13.7 Å². The van der Waals surface area contributed by atoms with Gasteiger partial charge in [-0.2, -0.15) is 0 Å². The van der Waals surface area contributed by atoms with Crippen LogP contribution in [0, 0.1) is 12.8 Å². The average Bonchev–Trinajstić information content (AvgIpc) is 2.34. The summed E-state index contributed by atoms with van der Waals surface area (Å²) < 4.78 is 5.22. The Morgan fingerprint density at radius 3 is 2.72 bits per heavy atom. The summed E-state index contributed by atoms with van der Waals surface area (Å²) in [6.07, 6.45) is 0. The van der Waals surface area contributed by atoms with Gasteiger partial charge in [0, 0.05) is 6.54 Å². The van der Waals surface area contributed by atoms with Gasteiger partial charge in [-0.15, -0.1) is 0 Å². The molecule has 0 aliphatic rings. The van der Waals surface area contributed by atoms with E-state index in [-0.39, 0.29) is 0 Å². The second-order valence-corrected chi connectivity index (χ2v) is 4.78. The standard InChI is InChI=1S/C14H23N3O/c1-10(2)8-16-14(15)17-9-12-5-6-13(18-4)11(3)7-12/h5-7,10H,8-9H2,1-4H3,(H3,15,16,17). The summed E-state index contributed by atoms with van der Waals surface area (Å²) >= 11 is 0. The Morgan fingerprint density at radius 2 is 2.17 bits per heavy atom. The van der Waals surface area contributed by atoms with Gasteiger partial charge in [0.2, 0.25) is 0 Å². The maximum atomic E-state index is 5.78. The molecule has 0 fully saturated rings. The molecule has 3 N–H and O–H groups in total. The number of hydrogen-bond donors (Lipinski definition) is 2. The first-order valence-corrected chi connectivity index (χ1v) is 6.20. The number of nitrogens with two attached hydrogens (primary N) is 1. The number of hydrogen-bond acceptors (Lipinski definition) is 2. The Kier molecular flexibility index (Phi) is 5.49. The smallest absolute Gasteiger partial charge is 0.188 e. The maximum absolute atomic E-state index is 5.78. The van der Waals surface area contributed by atoms with Crippen molar-refractivity contribution in [3.8, 4) is 5.75 Å². The van der Waals surface area contributed by atoms with Crippen LogP contribution in [0.3, 0.4) is 0 Å². The van der Waals surface area contributed by atoms with Gasteiger partial charge in [-0.1, -0.05) is 26.0 Å². The van der Waals surface area contributed by atoms with E-state index in [1.807, 2.05) is 19.1 Å². The molecule has 4 nitrogen and oxygen atoms in total. The summed E-state index contributed by atoms with van der Waals surface area (Å²) in [6.45, 7) is 7.71. The maximum Gasteiger partial charge on any atom is 0.188 e. The lowest BCUT2D eigenvalue weighted by atomic mass is 10.1. The lowest BCUT2D eigenvalue weighted by molar-refractivity contribution is 0.411. The highest BCUT2D eigenvalue weighted by atomic mass is 16.5. The van der Waals surface area contributed by atoms with Crippen LogP contribution in [-0.4, -0.2) is 19.6 Å². The van der Waals surface area contributed by atoms with E-state index in [4.69, 9.17) is 10.5 Å². The number of ether oxygens (including phenoxy) is 1. The third-order valence-corrected chi connectivity index (χ3v) is 2.58. The molecule has 0 spiro atoms. The minimum atomic E-state index is 0.497. The summed E-state index contributed by atoms with van der Waals surface area (Å²) in [7, 11) is 1.67. The van der Waals surface area contributed by atoms with Gasteiger partial charge in [0.1, 0.15) is 5.75 Å². The van der Waals surface area contributed by atoms with Gasteiger partial charge in [-0.3, -0.25) is 0 Å². The summed E-state index contributed by atoms with van der Waals surface area (Å²) in [4.78, 5) is 4.31. The molecule has 0 unspecified atom stereocenters. The van der Waals surface area contributed by atoms with Crippen molar-refractivity contribution in [3.05, 3.63) is 29.3 Å². The molecule has 18 heavy (non-hydrogen) atoms. The normalized spacial score (nSPS) is 11.7. The highest BCUT2D eigenvalue weighted by molar-refractivity contribution is 5.77. The molecule has 0 amide bonds. The largest absolute Gasteiger partial charge is 0.496 e. The van der Waals surface area contributed by atoms with Gasteiger partial charge in [0.05, 0.1) is 13.7 Å². The second-order valence-electron chi connectivity index (χ2n) is 4.78. The lowest BCUT2D eigenvalue weighted by Gasteiger charge is -2.08. The number of benzene rings is 1. The van der Waals surface area contributed by atoms with Crippen LogP contribution in [0.2, 0.25) is 0 Å². The first-order valence-electron chi connectivity index (χ1n) is 6.20. The number of aryl methyl sites for hydroxylation is 1. The predicted octanol–water partition coefficient (Wildman–Crippen LogP) is 2.06. The summed E-state index contributed by atoms with van der Waals surface area (Å²) in [6, 6.07) is 6.03. The summed E-state index contributed by atoms with van der Waals surface area (Å²) in [5.74, 6) is 1.95. The van der Waals surface area contributed by atoms with E-state index in [0.29, 0.717) is 18.4 Å². The molecule has 1 aromatic carbocycles. The highest BCUT2D eigenvalue weighted by Gasteiger charge is 2.00. The molecule has 4 heteroatoms. The number of guanidine groups is 1.